The van der Waals surface area contributed by atoms with Gasteiger partial charge in [-0.25, -0.2) is 0 Å². The predicted molar refractivity (Wildman–Crippen MR) is 59.2 cm³/mol. The Morgan fingerprint density at radius 3 is 1.67 bits per heavy atom. The van der Waals surface area contributed by atoms with E-state index in [-0.39, 0.29) is 0 Å². The van der Waals surface area contributed by atoms with Crippen molar-refractivity contribution in [3.05, 3.63) is 0 Å². The first-order chi connectivity index (χ1) is 7.24. The summed E-state index contributed by atoms with van der Waals surface area (Å²) in [6.07, 6.45) is 7.76. The van der Waals surface area contributed by atoms with Crippen LogP contribution in [0.5, 0.6) is 0 Å². The summed E-state index contributed by atoms with van der Waals surface area (Å²) < 4.78 is 17.2. The first kappa shape index (κ1) is 15.6. The van der Waals surface area contributed by atoms with Crippen LogP contribution in [-0.4, -0.2) is 21.3 Å². The molecular weight excluding hydrogens is 228 g/mol. The molecule has 0 atom stereocenters. The second-order valence-electron chi connectivity index (χ2n) is 3.81. The van der Waals surface area contributed by atoms with Crippen molar-refractivity contribution in [1.29, 1.82) is 0 Å². The molecule has 15 heavy (non-hydrogen) atoms. The molecule has 0 aliphatic rings. The minimum absolute atomic E-state index is 0.982. The van der Waals surface area contributed by atoms with E-state index < -0.39 is 17.8 Å². The quantitative estimate of drug-likeness (QED) is 0.440. The third-order valence-electron chi connectivity index (χ3n) is 2.77. The van der Waals surface area contributed by atoms with Crippen LogP contribution in [0.1, 0.15) is 45.4 Å². The Kier molecular flexibility index (Phi) is 10.2. The summed E-state index contributed by atoms with van der Waals surface area (Å²) in [6.45, 7) is 2.24. The fourth-order valence-electron chi connectivity index (χ4n) is 1.68. The molecule has 0 unspecified atom stereocenters. The first-order valence-electron chi connectivity index (χ1n) is 5.90. The van der Waals surface area contributed by atoms with Crippen molar-refractivity contribution in [2.24, 2.45) is 0 Å². The van der Waals surface area contributed by atoms with Crippen molar-refractivity contribution >= 4 is 0 Å². The number of unbranched alkanes of at least 4 members (excludes halogenated alkanes) is 5. The van der Waals surface area contributed by atoms with E-state index in [1.807, 2.05) is 0 Å². The van der Waals surface area contributed by atoms with Gasteiger partial charge in [-0.05, 0) is 0 Å². The van der Waals surface area contributed by atoms with Crippen molar-refractivity contribution in [1.82, 2.24) is 0 Å². The van der Waals surface area contributed by atoms with Crippen LogP contribution in [0.3, 0.4) is 0 Å². The van der Waals surface area contributed by atoms with Gasteiger partial charge in [0.2, 0.25) is 0 Å². The zero-order valence-electron chi connectivity index (χ0n) is 10.7. The zero-order valence-corrected chi connectivity index (χ0v) is 12.2. The molecule has 0 saturated heterocycles. The molecule has 0 aromatic rings. The van der Waals surface area contributed by atoms with Crippen LogP contribution in [0.2, 0.25) is 4.73 Å². The standard InChI is InChI=1S/C8H17.3CH3O.Ti/c1-3-5-7-8-6-4-2;3*1-2;/h1,3-8H2,2H3;3*1H3;/q;3*-1;+3. The summed E-state index contributed by atoms with van der Waals surface area (Å²) in [5, 5.41) is 0. The van der Waals surface area contributed by atoms with E-state index in [9.17, 15) is 0 Å². The van der Waals surface area contributed by atoms with Gasteiger partial charge < -0.3 is 0 Å². The van der Waals surface area contributed by atoms with Gasteiger partial charge in [-0.3, -0.25) is 0 Å². The van der Waals surface area contributed by atoms with Crippen LogP contribution >= 0.6 is 0 Å². The Balaban J connectivity index is 3.54. The van der Waals surface area contributed by atoms with Gasteiger partial charge >= 0.3 is 99.2 Å². The maximum absolute atomic E-state index is 5.41. The van der Waals surface area contributed by atoms with E-state index in [0.717, 1.165) is 4.73 Å². The van der Waals surface area contributed by atoms with Gasteiger partial charge in [-0.1, -0.05) is 0 Å². The zero-order chi connectivity index (χ0) is 11.6. The normalized spacial score (nSPS) is 12.0. The van der Waals surface area contributed by atoms with Gasteiger partial charge in [-0.15, -0.1) is 0 Å². The molecule has 0 amide bonds. The molecule has 0 spiro atoms. The molecule has 3 nitrogen and oxygen atoms in total. The van der Waals surface area contributed by atoms with Crippen molar-refractivity contribution in [2.45, 2.75) is 50.2 Å². The van der Waals surface area contributed by atoms with Gasteiger partial charge in [0.05, 0.1) is 0 Å². The van der Waals surface area contributed by atoms with E-state index in [2.05, 4.69) is 6.92 Å². The van der Waals surface area contributed by atoms with Crippen molar-refractivity contribution in [3.8, 4) is 0 Å². The molecule has 0 rings (SSSR count). The molecule has 0 heterocycles. The molecule has 4 heteroatoms. The van der Waals surface area contributed by atoms with Crippen molar-refractivity contribution in [3.63, 3.8) is 0 Å². The van der Waals surface area contributed by atoms with Crippen LogP contribution in [0.15, 0.2) is 0 Å². The summed E-state index contributed by atoms with van der Waals surface area (Å²) in [6, 6.07) is 0. The van der Waals surface area contributed by atoms with E-state index >= 15 is 0 Å². The summed E-state index contributed by atoms with van der Waals surface area (Å²) in [5.74, 6) is 0. The number of hydrogen-bond donors (Lipinski definition) is 0. The monoisotopic (exact) mass is 254 g/mol. The Morgan fingerprint density at radius 1 is 0.733 bits per heavy atom. The summed E-state index contributed by atoms with van der Waals surface area (Å²) in [4.78, 5) is 0. The van der Waals surface area contributed by atoms with Crippen molar-refractivity contribution in [2.75, 3.05) is 21.3 Å². The van der Waals surface area contributed by atoms with Crippen LogP contribution in [0, 0.1) is 0 Å². The summed E-state index contributed by atoms with van der Waals surface area (Å²) in [7, 11) is 5.10. The molecule has 0 radical (unpaired) electrons. The average molecular weight is 254 g/mol. The molecule has 92 valence electrons. The Hall–Kier alpha value is 0.594. The molecule has 0 aromatic carbocycles. The minimum atomic E-state index is -2.80. The Bertz CT molecular complexity index is 130. The van der Waals surface area contributed by atoms with Crippen molar-refractivity contribution < 1.29 is 27.7 Å². The molecule has 0 aliphatic heterocycles. The first-order valence-corrected chi connectivity index (χ1v) is 8.91. The van der Waals surface area contributed by atoms with Gasteiger partial charge in [0, 0.05) is 0 Å². The van der Waals surface area contributed by atoms with Gasteiger partial charge in [0.15, 0.2) is 0 Å². The summed E-state index contributed by atoms with van der Waals surface area (Å²) in [5.41, 5.74) is 0. The maximum atomic E-state index is 5.41. The Morgan fingerprint density at radius 2 is 1.20 bits per heavy atom. The average Bonchev–Trinajstić information content (AvgIpc) is 2.29. The van der Waals surface area contributed by atoms with E-state index in [1.165, 1.54) is 38.5 Å². The molecular formula is C11H26O3Ti. The molecule has 0 bridgehead atoms. The molecule has 0 aromatic heterocycles. The van der Waals surface area contributed by atoms with Crippen LogP contribution < -0.4 is 0 Å². The van der Waals surface area contributed by atoms with E-state index in [1.54, 1.807) is 21.3 Å². The van der Waals surface area contributed by atoms with E-state index in [0.29, 0.717) is 0 Å². The second-order valence-corrected chi connectivity index (χ2v) is 8.64. The van der Waals surface area contributed by atoms with Crippen LogP contribution in [0.4, 0.5) is 0 Å². The van der Waals surface area contributed by atoms with Gasteiger partial charge in [0.1, 0.15) is 0 Å². The fraction of sp³-hybridized carbons (Fsp3) is 1.00. The SMILES string of the molecule is CCCCCCC[CH2][Ti]([O]C)([O]C)[O]C. The van der Waals surface area contributed by atoms with Crippen LogP contribution in [-0.2, 0) is 27.7 Å². The third kappa shape index (κ3) is 6.70. The van der Waals surface area contributed by atoms with Gasteiger partial charge in [-0.2, -0.15) is 0 Å². The second kappa shape index (κ2) is 9.79. The van der Waals surface area contributed by atoms with E-state index in [4.69, 9.17) is 9.96 Å². The number of rotatable bonds is 10. The van der Waals surface area contributed by atoms with Gasteiger partial charge in [0.25, 0.3) is 0 Å². The topological polar surface area (TPSA) is 27.7 Å². The van der Waals surface area contributed by atoms with Crippen LogP contribution in [0.25, 0.3) is 0 Å². The Labute approximate surface area is 99.3 Å². The summed E-state index contributed by atoms with van der Waals surface area (Å²) >= 11 is -2.80. The molecule has 0 aliphatic carbocycles. The molecule has 0 N–H and O–H groups in total. The third-order valence-corrected chi connectivity index (χ3v) is 7.19. The molecule has 0 fully saturated rings. The predicted octanol–water partition coefficient (Wildman–Crippen LogP) is 3.60. The fourth-order valence-corrected chi connectivity index (χ4v) is 4.48. The number of hydrogen-bond acceptors (Lipinski definition) is 3. The molecule has 0 saturated carbocycles.